The highest BCUT2D eigenvalue weighted by atomic mass is 32.1. The van der Waals surface area contributed by atoms with Crippen LogP contribution in [0.15, 0.2) is 24.3 Å². The number of hydrogen-bond acceptors (Lipinski definition) is 3. The Bertz CT molecular complexity index is 355. The third-order valence-corrected chi connectivity index (χ3v) is 2.54. The maximum atomic E-state index is 5.62. The van der Waals surface area contributed by atoms with Gasteiger partial charge in [-0.15, -0.1) is 0 Å². The van der Waals surface area contributed by atoms with E-state index >= 15 is 0 Å². The number of ether oxygens (including phenoxy) is 2. The van der Waals surface area contributed by atoms with Gasteiger partial charge in [-0.05, 0) is 24.1 Å². The third-order valence-electron chi connectivity index (χ3n) is 2.27. The standard InChI is InChI=1S/C12H17NO2S/c1-3-11(12(13)16)15-8-9-5-4-6-10(7-9)14-2/h4-7,11H,3,8H2,1-2H3,(H2,13,16). The molecule has 0 saturated heterocycles. The first-order valence-electron chi connectivity index (χ1n) is 5.21. The Morgan fingerprint density at radius 2 is 2.25 bits per heavy atom. The molecule has 4 heteroatoms. The average molecular weight is 239 g/mol. The molecule has 3 nitrogen and oxygen atoms in total. The monoisotopic (exact) mass is 239 g/mol. The molecule has 0 aliphatic carbocycles. The molecule has 1 rings (SSSR count). The van der Waals surface area contributed by atoms with Crippen LogP contribution in [0.25, 0.3) is 0 Å². The molecule has 0 radical (unpaired) electrons. The maximum absolute atomic E-state index is 5.62. The molecule has 16 heavy (non-hydrogen) atoms. The Kier molecular flexibility index (Phi) is 5.22. The van der Waals surface area contributed by atoms with Crippen LogP contribution in [0.1, 0.15) is 18.9 Å². The van der Waals surface area contributed by atoms with Crippen molar-refractivity contribution < 1.29 is 9.47 Å². The van der Waals surface area contributed by atoms with E-state index in [4.69, 9.17) is 27.4 Å². The predicted octanol–water partition coefficient (Wildman–Crippen LogP) is 2.28. The largest absolute Gasteiger partial charge is 0.497 e. The van der Waals surface area contributed by atoms with E-state index in [9.17, 15) is 0 Å². The summed E-state index contributed by atoms with van der Waals surface area (Å²) in [4.78, 5) is 0.408. The first kappa shape index (κ1) is 12.9. The zero-order valence-corrected chi connectivity index (χ0v) is 10.4. The fraction of sp³-hybridized carbons (Fsp3) is 0.417. The van der Waals surface area contributed by atoms with Crippen molar-refractivity contribution in [2.24, 2.45) is 5.73 Å². The zero-order valence-electron chi connectivity index (χ0n) is 9.60. The lowest BCUT2D eigenvalue weighted by molar-refractivity contribution is 0.0828. The van der Waals surface area contributed by atoms with Gasteiger partial charge >= 0.3 is 0 Å². The molecule has 0 aromatic heterocycles. The maximum Gasteiger partial charge on any atom is 0.119 e. The average Bonchev–Trinajstić information content (AvgIpc) is 2.29. The van der Waals surface area contributed by atoms with Gasteiger partial charge in [-0.3, -0.25) is 0 Å². The quantitative estimate of drug-likeness (QED) is 0.773. The highest BCUT2D eigenvalue weighted by Gasteiger charge is 2.09. The van der Waals surface area contributed by atoms with Crippen LogP contribution in [0.4, 0.5) is 0 Å². The first-order valence-corrected chi connectivity index (χ1v) is 5.62. The SMILES string of the molecule is CCC(OCc1cccc(OC)c1)C(N)=S. The van der Waals surface area contributed by atoms with Crippen molar-refractivity contribution in [2.75, 3.05) is 7.11 Å². The third kappa shape index (κ3) is 3.79. The summed E-state index contributed by atoms with van der Waals surface area (Å²) in [6.45, 7) is 2.49. The zero-order chi connectivity index (χ0) is 12.0. The van der Waals surface area contributed by atoms with Crippen LogP contribution in [0.3, 0.4) is 0 Å². The molecule has 2 N–H and O–H groups in total. The molecular weight excluding hydrogens is 222 g/mol. The summed E-state index contributed by atoms with van der Waals surface area (Å²) >= 11 is 4.91. The van der Waals surface area contributed by atoms with Gasteiger partial charge in [0.25, 0.3) is 0 Å². The summed E-state index contributed by atoms with van der Waals surface area (Å²) in [5.74, 6) is 0.824. The molecule has 0 spiro atoms. The van der Waals surface area contributed by atoms with Crippen molar-refractivity contribution in [3.63, 3.8) is 0 Å². The minimum Gasteiger partial charge on any atom is -0.497 e. The van der Waals surface area contributed by atoms with Crippen LogP contribution in [0.5, 0.6) is 5.75 Å². The second kappa shape index (κ2) is 6.45. The lowest BCUT2D eigenvalue weighted by Crippen LogP contribution is -2.28. The van der Waals surface area contributed by atoms with Gasteiger partial charge in [0.2, 0.25) is 0 Å². The van der Waals surface area contributed by atoms with Gasteiger partial charge in [-0.2, -0.15) is 0 Å². The molecule has 0 heterocycles. The van der Waals surface area contributed by atoms with Crippen LogP contribution in [0, 0.1) is 0 Å². The van der Waals surface area contributed by atoms with E-state index in [-0.39, 0.29) is 6.10 Å². The molecule has 0 aliphatic rings. The summed E-state index contributed by atoms with van der Waals surface area (Å²) in [6.07, 6.45) is 0.639. The Balaban J connectivity index is 2.56. The van der Waals surface area contributed by atoms with Gasteiger partial charge in [0, 0.05) is 0 Å². The molecule has 0 amide bonds. The topological polar surface area (TPSA) is 44.5 Å². The normalized spacial score (nSPS) is 12.1. The van der Waals surface area contributed by atoms with E-state index in [1.165, 1.54) is 0 Å². The van der Waals surface area contributed by atoms with Gasteiger partial charge in [-0.1, -0.05) is 31.3 Å². The summed E-state index contributed by atoms with van der Waals surface area (Å²) < 4.78 is 10.7. The molecule has 1 unspecified atom stereocenters. The summed E-state index contributed by atoms with van der Waals surface area (Å²) in [5.41, 5.74) is 6.60. The van der Waals surface area contributed by atoms with Crippen LogP contribution in [-0.2, 0) is 11.3 Å². The molecule has 88 valence electrons. The lowest BCUT2D eigenvalue weighted by atomic mass is 10.2. The summed E-state index contributed by atoms with van der Waals surface area (Å²) in [6, 6.07) is 7.74. The van der Waals surface area contributed by atoms with Crippen LogP contribution in [-0.4, -0.2) is 18.2 Å². The lowest BCUT2D eigenvalue weighted by Gasteiger charge is -2.14. The van der Waals surface area contributed by atoms with Crippen LogP contribution >= 0.6 is 12.2 Å². The van der Waals surface area contributed by atoms with Gasteiger partial charge in [0.1, 0.15) is 16.8 Å². The molecule has 0 aliphatic heterocycles. The molecule has 0 fully saturated rings. The summed E-state index contributed by atoms with van der Waals surface area (Å²) in [5, 5.41) is 0. The van der Waals surface area contributed by atoms with Crippen molar-refractivity contribution >= 4 is 17.2 Å². The molecule has 1 atom stereocenters. The van der Waals surface area contributed by atoms with Gasteiger partial charge in [-0.25, -0.2) is 0 Å². The minimum absolute atomic E-state index is 0.152. The minimum atomic E-state index is -0.152. The van der Waals surface area contributed by atoms with E-state index in [0.717, 1.165) is 17.7 Å². The van der Waals surface area contributed by atoms with E-state index in [1.807, 2.05) is 31.2 Å². The van der Waals surface area contributed by atoms with Crippen molar-refractivity contribution in [1.29, 1.82) is 0 Å². The smallest absolute Gasteiger partial charge is 0.119 e. The molecular formula is C12H17NO2S. The van der Waals surface area contributed by atoms with Gasteiger partial charge in [0.15, 0.2) is 0 Å². The Morgan fingerprint density at radius 3 is 2.81 bits per heavy atom. The second-order valence-corrected chi connectivity index (χ2v) is 3.93. The fourth-order valence-electron chi connectivity index (χ4n) is 1.36. The second-order valence-electron chi connectivity index (χ2n) is 3.46. The van der Waals surface area contributed by atoms with Crippen molar-refractivity contribution in [3.8, 4) is 5.75 Å². The highest BCUT2D eigenvalue weighted by molar-refractivity contribution is 7.80. The van der Waals surface area contributed by atoms with E-state index in [0.29, 0.717) is 11.6 Å². The molecule has 0 saturated carbocycles. The fourth-order valence-corrected chi connectivity index (χ4v) is 1.59. The van der Waals surface area contributed by atoms with Crippen molar-refractivity contribution in [1.82, 2.24) is 0 Å². The number of benzene rings is 1. The van der Waals surface area contributed by atoms with Crippen LogP contribution in [0.2, 0.25) is 0 Å². The predicted molar refractivity (Wildman–Crippen MR) is 68.6 cm³/mol. The van der Waals surface area contributed by atoms with E-state index in [2.05, 4.69) is 0 Å². The Hall–Kier alpha value is -1.13. The van der Waals surface area contributed by atoms with Crippen molar-refractivity contribution in [3.05, 3.63) is 29.8 Å². The highest BCUT2D eigenvalue weighted by Crippen LogP contribution is 2.14. The number of nitrogens with two attached hydrogens (primary N) is 1. The van der Waals surface area contributed by atoms with Crippen molar-refractivity contribution in [2.45, 2.75) is 26.1 Å². The molecule has 0 bridgehead atoms. The number of hydrogen-bond donors (Lipinski definition) is 1. The van der Waals surface area contributed by atoms with E-state index < -0.39 is 0 Å². The number of rotatable bonds is 6. The first-order chi connectivity index (χ1) is 7.67. The number of methoxy groups -OCH3 is 1. The van der Waals surface area contributed by atoms with E-state index in [1.54, 1.807) is 7.11 Å². The van der Waals surface area contributed by atoms with Gasteiger partial charge in [0.05, 0.1) is 13.7 Å². The number of thiocarbonyl (C=S) groups is 1. The Morgan fingerprint density at radius 1 is 1.50 bits per heavy atom. The molecule has 1 aromatic carbocycles. The van der Waals surface area contributed by atoms with Crippen LogP contribution < -0.4 is 10.5 Å². The summed E-state index contributed by atoms with van der Waals surface area (Å²) in [7, 11) is 1.64. The van der Waals surface area contributed by atoms with Gasteiger partial charge < -0.3 is 15.2 Å². The molecule has 1 aromatic rings. The Labute approximate surface area is 102 Å².